The lowest BCUT2D eigenvalue weighted by atomic mass is 10.1. The fourth-order valence-corrected chi connectivity index (χ4v) is 3.16. The van der Waals surface area contributed by atoms with E-state index in [1.807, 2.05) is 24.3 Å². The van der Waals surface area contributed by atoms with Gasteiger partial charge in [0.2, 0.25) is 0 Å². The molecule has 0 amide bonds. The number of fused-ring (bicyclic) bond motifs is 1. The molecule has 0 aliphatic carbocycles. The van der Waals surface area contributed by atoms with Crippen LogP contribution in [0, 0.1) is 0 Å². The summed E-state index contributed by atoms with van der Waals surface area (Å²) in [4.78, 5) is 28.1. The molecule has 0 spiro atoms. The monoisotopic (exact) mass is 371 g/mol. The molecule has 0 atom stereocenters. The molecular formula is C19H17NO5S. The fraction of sp³-hybridized carbons (Fsp3) is 0.211. The third-order valence-corrected chi connectivity index (χ3v) is 4.57. The van der Waals surface area contributed by atoms with E-state index in [0.29, 0.717) is 11.3 Å². The van der Waals surface area contributed by atoms with Gasteiger partial charge in [-0.25, -0.2) is 9.78 Å². The summed E-state index contributed by atoms with van der Waals surface area (Å²) in [7, 11) is 1.55. The number of nitrogens with zero attached hydrogens (tertiary/aromatic N) is 1. The number of para-hydroxylation sites is 1. The number of aromatic nitrogens is 1. The number of ether oxygens (including phenoxy) is 3. The lowest BCUT2D eigenvalue weighted by Gasteiger charge is -2.05. The van der Waals surface area contributed by atoms with Crippen LogP contribution in [-0.4, -0.2) is 37.1 Å². The van der Waals surface area contributed by atoms with Gasteiger partial charge < -0.3 is 14.2 Å². The molecule has 6 nitrogen and oxygen atoms in total. The largest absolute Gasteiger partial charge is 0.497 e. The molecule has 1 heterocycles. The summed E-state index contributed by atoms with van der Waals surface area (Å²) in [5.41, 5.74) is 1.36. The first-order valence-corrected chi connectivity index (χ1v) is 8.72. The smallest absolute Gasteiger partial charge is 0.332 e. The summed E-state index contributed by atoms with van der Waals surface area (Å²) in [5, 5.41) is 0.785. The van der Waals surface area contributed by atoms with Crippen LogP contribution < -0.4 is 4.74 Å². The van der Waals surface area contributed by atoms with Crippen molar-refractivity contribution < 1.29 is 23.8 Å². The number of esters is 1. The average molecular weight is 371 g/mol. The highest BCUT2D eigenvalue weighted by atomic mass is 32.1. The third-order valence-electron chi connectivity index (χ3n) is 3.56. The summed E-state index contributed by atoms with van der Waals surface area (Å²) < 4.78 is 16.4. The third kappa shape index (κ3) is 4.65. The van der Waals surface area contributed by atoms with Gasteiger partial charge in [0.15, 0.2) is 12.4 Å². The summed E-state index contributed by atoms with van der Waals surface area (Å²) in [6.07, 6.45) is 0. The number of ketones is 1. The molecule has 7 heteroatoms. The Morgan fingerprint density at radius 3 is 2.54 bits per heavy atom. The van der Waals surface area contributed by atoms with Crippen LogP contribution >= 0.6 is 11.3 Å². The average Bonchev–Trinajstić information content (AvgIpc) is 3.09. The molecule has 3 rings (SSSR count). The van der Waals surface area contributed by atoms with E-state index in [4.69, 9.17) is 14.2 Å². The number of rotatable bonds is 8. The van der Waals surface area contributed by atoms with E-state index in [-0.39, 0.29) is 25.6 Å². The quantitative estimate of drug-likeness (QED) is 0.447. The fourth-order valence-electron chi connectivity index (χ4n) is 2.25. The maximum Gasteiger partial charge on any atom is 0.332 e. The van der Waals surface area contributed by atoms with Gasteiger partial charge in [-0.15, -0.1) is 11.3 Å². The van der Waals surface area contributed by atoms with Crippen molar-refractivity contribution in [2.45, 2.75) is 6.61 Å². The predicted molar refractivity (Wildman–Crippen MR) is 97.6 cm³/mol. The number of thiazole rings is 1. The maximum absolute atomic E-state index is 12.0. The zero-order valence-electron chi connectivity index (χ0n) is 14.1. The van der Waals surface area contributed by atoms with Gasteiger partial charge in [-0.2, -0.15) is 0 Å². The van der Waals surface area contributed by atoms with Gasteiger partial charge in [0, 0.05) is 5.56 Å². The highest BCUT2D eigenvalue weighted by molar-refractivity contribution is 7.18. The van der Waals surface area contributed by atoms with Crippen LogP contribution in [0.1, 0.15) is 15.4 Å². The normalized spacial score (nSPS) is 10.7. The van der Waals surface area contributed by atoms with E-state index in [1.54, 1.807) is 31.4 Å². The SMILES string of the molecule is COc1ccc(C(=O)COC(=O)COCc2nc3ccccc3s2)cc1. The first kappa shape index (κ1) is 18.0. The molecule has 3 aromatic rings. The Balaban J connectivity index is 1.41. The van der Waals surface area contributed by atoms with Crippen molar-refractivity contribution >= 4 is 33.3 Å². The van der Waals surface area contributed by atoms with E-state index >= 15 is 0 Å². The summed E-state index contributed by atoms with van der Waals surface area (Å²) in [6.45, 7) is -0.331. The minimum absolute atomic E-state index is 0.223. The van der Waals surface area contributed by atoms with Crippen LogP contribution in [-0.2, 0) is 20.9 Å². The van der Waals surface area contributed by atoms with Gasteiger partial charge >= 0.3 is 5.97 Å². The Bertz CT molecular complexity index is 871. The Morgan fingerprint density at radius 1 is 1.04 bits per heavy atom. The van der Waals surface area contributed by atoms with E-state index in [1.165, 1.54) is 11.3 Å². The van der Waals surface area contributed by atoms with Gasteiger partial charge in [-0.3, -0.25) is 4.79 Å². The standard InChI is InChI=1S/C19H17NO5S/c1-23-14-8-6-13(7-9-14)16(21)10-25-19(22)12-24-11-18-20-15-4-2-3-5-17(15)26-18/h2-9H,10-12H2,1H3. The van der Waals surface area contributed by atoms with E-state index in [9.17, 15) is 9.59 Å². The number of Topliss-reactive ketones (excluding diaryl/α,β-unsaturated/α-hetero) is 1. The zero-order valence-corrected chi connectivity index (χ0v) is 15.0. The minimum Gasteiger partial charge on any atom is -0.497 e. The van der Waals surface area contributed by atoms with Crippen molar-refractivity contribution in [3.8, 4) is 5.75 Å². The molecule has 0 saturated heterocycles. The number of carbonyl (C=O) groups is 2. The van der Waals surface area contributed by atoms with Crippen LogP contribution in [0.25, 0.3) is 10.2 Å². The summed E-state index contributed by atoms with van der Waals surface area (Å²) >= 11 is 1.51. The number of hydrogen-bond acceptors (Lipinski definition) is 7. The summed E-state index contributed by atoms with van der Waals surface area (Å²) in [6, 6.07) is 14.4. The predicted octanol–water partition coefficient (Wildman–Crippen LogP) is 3.25. The Morgan fingerprint density at radius 2 is 1.81 bits per heavy atom. The first-order valence-electron chi connectivity index (χ1n) is 7.91. The van der Waals surface area contributed by atoms with Gasteiger partial charge in [0.05, 0.1) is 23.9 Å². The highest BCUT2D eigenvalue weighted by Crippen LogP contribution is 2.21. The molecular weight excluding hydrogens is 354 g/mol. The van der Waals surface area contributed by atoms with Crippen molar-refractivity contribution in [2.24, 2.45) is 0 Å². The molecule has 2 aromatic carbocycles. The van der Waals surface area contributed by atoms with Crippen molar-refractivity contribution in [2.75, 3.05) is 20.3 Å². The second-order valence-electron chi connectivity index (χ2n) is 5.38. The zero-order chi connectivity index (χ0) is 18.4. The first-order chi connectivity index (χ1) is 12.7. The Hall–Kier alpha value is -2.77. The van der Waals surface area contributed by atoms with Crippen molar-refractivity contribution in [1.82, 2.24) is 4.98 Å². The molecule has 134 valence electrons. The maximum atomic E-state index is 12.0. The number of benzene rings is 2. The van der Waals surface area contributed by atoms with Crippen molar-refractivity contribution in [3.05, 3.63) is 59.1 Å². The minimum atomic E-state index is -0.590. The van der Waals surface area contributed by atoms with Crippen LogP contribution in [0.5, 0.6) is 5.75 Å². The molecule has 0 aliphatic heterocycles. The van der Waals surface area contributed by atoms with Crippen LogP contribution in [0.2, 0.25) is 0 Å². The highest BCUT2D eigenvalue weighted by Gasteiger charge is 2.11. The van der Waals surface area contributed by atoms with Crippen LogP contribution in [0.3, 0.4) is 0 Å². The molecule has 1 aromatic heterocycles. The molecule has 0 N–H and O–H groups in total. The molecule has 0 unspecified atom stereocenters. The van der Waals surface area contributed by atoms with Crippen LogP contribution in [0.4, 0.5) is 0 Å². The van der Waals surface area contributed by atoms with Gasteiger partial charge in [-0.1, -0.05) is 12.1 Å². The lowest BCUT2D eigenvalue weighted by Crippen LogP contribution is -2.18. The van der Waals surface area contributed by atoms with Gasteiger partial charge in [0.1, 0.15) is 17.4 Å². The molecule has 0 aliphatic rings. The second kappa shape index (κ2) is 8.55. The molecule has 0 saturated carbocycles. The number of hydrogen-bond donors (Lipinski definition) is 0. The summed E-state index contributed by atoms with van der Waals surface area (Å²) in [5.74, 6) is -0.220. The van der Waals surface area contributed by atoms with Gasteiger partial charge in [0.25, 0.3) is 0 Å². The Kier molecular flexibility index (Phi) is 5.93. The Labute approximate surface area is 154 Å². The van der Waals surface area contributed by atoms with Gasteiger partial charge in [-0.05, 0) is 36.4 Å². The molecule has 26 heavy (non-hydrogen) atoms. The topological polar surface area (TPSA) is 74.7 Å². The van der Waals surface area contributed by atoms with E-state index < -0.39 is 5.97 Å². The van der Waals surface area contributed by atoms with Crippen molar-refractivity contribution in [3.63, 3.8) is 0 Å². The molecule has 0 fully saturated rings. The van der Waals surface area contributed by atoms with E-state index in [0.717, 1.165) is 15.2 Å². The number of methoxy groups -OCH3 is 1. The van der Waals surface area contributed by atoms with E-state index in [2.05, 4.69) is 4.98 Å². The second-order valence-corrected chi connectivity index (χ2v) is 6.50. The molecule has 0 radical (unpaired) electrons. The van der Waals surface area contributed by atoms with Crippen molar-refractivity contribution in [1.29, 1.82) is 0 Å². The lowest BCUT2D eigenvalue weighted by molar-refractivity contribution is -0.148. The molecule has 0 bridgehead atoms. The van der Waals surface area contributed by atoms with Crippen LogP contribution in [0.15, 0.2) is 48.5 Å². The number of carbonyl (C=O) groups excluding carboxylic acids is 2.